The monoisotopic (exact) mass is 302 g/mol. The molecule has 0 aliphatic carbocycles. The highest BCUT2D eigenvalue weighted by molar-refractivity contribution is 7.89. The summed E-state index contributed by atoms with van der Waals surface area (Å²) in [5.41, 5.74) is 0.817. The maximum absolute atomic E-state index is 12.0. The number of sulfonamides is 1. The summed E-state index contributed by atoms with van der Waals surface area (Å²) in [4.78, 5) is 2.42. The van der Waals surface area contributed by atoms with Crippen molar-refractivity contribution < 1.29 is 8.42 Å². The topological polar surface area (TPSA) is 58.5 Å². The van der Waals surface area contributed by atoms with Crippen molar-refractivity contribution in [2.45, 2.75) is 32.6 Å². The van der Waals surface area contributed by atoms with E-state index in [4.69, 9.17) is 11.6 Å². The van der Waals surface area contributed by atoms with Crippen LogP contribution in [0, 0.1) is 11.8 Å². The molecule has 0 atom stereocenters. The minimum Gasteiger partial charge on any atom is -0.200 e. The molecule has 0 amide bonds. The highest BCUT2D eigenvalue weighted by atomic mass is 35.5. The molecule has 0 unspecified atom stereocenters. The van der Waals surface area contributed by atoms with Crippen LogP contribution in [-0.4, -0.2) is 14.1 Å². The van der Waals surface area contributed by atoms with Gasteiger partial charge in [-0.15, -0.1) is 0 Å². The summed E-state index contributed by atoms with van der Waals surface area (Å²) in [6.07, 6.45) is 0. The third-order valence-electron chi connectivity index (χ3n) is 2.60. The minimum atomic E-state index is -3.64. The van der Waals surface area contributed by atoms with Crippen molar-refractivity contribution in [3.8, 4) is 0 Å². The molecule has 0 bridgehead atoms. The normalized spacial score (nSPS) is 11.7. The number of hydrogen-bond donors (Lipinski definition) is 1. The molecule has 4 nitrogen and oxygen atoms in total. The zero-order valence-corrected chi connectivity index (χ0v) is 13.1. The highest BCUT2D eigenvalue weighted by Gasteiger charge is 2.15. The van der Waals surface area contributed by atoms with Gasteiger partial charge in [-0.25, -0.2) is 4.83 Å². The van der Waals surface area contributed by atoms with Gasteiger partial charge in [0.2, 0.25) is 0 Å². The second-order valence-corrected chi connectivity index (χ2v) is 6.99. The summed E-state index contributed by atoms with van der Waals surface area (Å²) >= 11 is 5.73. The van der Waals surface area contributed by atoms with E-state index in [1.807, 2.05) is 27.7 Å². The van der Waals surface area contributed by atoms with E-state index < -0.39 is 10.0 Å². The van der Waals surface area contributed by atoms with Crippen molar-refractivity contribution in [1.82, 2.24) is 4.83 Å². The molecule has 0 radical (unpaired) electrons. The molecule has 0 fully saturated rings. The van der Waals surface area contributed by atoms with Crippen LogP contribution in [0.5, 0.6) is 0 Å². The smallest absolute Gasteiger partial charge is 0.200 e. The van der Waals surface area contributed by atoms with Crippen LogP contribution >= 0.6 is 11.6 Å². The molecular weight excluding hydrogens is 284 g/mol. The van der Waals surface area contributed by atoms with Gasteiger partial charge in [-0.05, 0) is 36.1 Å². The van der Waals surface area contributed by atoms with Gasteiger partial charge < -0.3 is 0 Å². The third kappa shape index (κ3) is 4.51. The van der Waals surface area contributed by atoms with Gasteiger partial charge >= 0.3 is 0 Å². The van der Waals surface area contributed by atoms with Crippen molar-refractivity contribution in [2.75, 3.05) is 0 Å². The molecule has 0 aliphatic heterocycles. The SMILES string of the molecule is CC(C)C(=NNS(=O)(=O)c1ccc(Cl)cc1)C(C)C. The van der Waals surface area contributed by atoms with E-state index in [-0.39, 0.29) is 16.7 Å². The third-order valence-corrected chi connectivity index (χ3v) is 4.08. The first-order chi connectivity index (χ1) is 8.74. The molecule has 106 valence electrons. The first-order valence-corrected chi connectivity index (χ1v) is 7.95. The Morgan fingerprint density at radius 1 is 1.11 bits per heavy atom. The second-order valence-electron chi connectivity index (χ2n) is 4.89. The standard InChI is InChI=1S/C13H19ClN2O2S/c1-9(2)13(10(3)4)15-16-19(17,18)12-7-5-11(14)6-8-12/h5-10,16H,1-4H3. The maximum Gasteiger partial charge on any atom is 0.276 e. The van der Waals surface area contributed by atoms with Gasteiger partial charge in [0.25, 0.3) is 10.0 Å². The number of benzene rings is 1. The molecule has 0 saturated heterocycles. The van der Waals surface area contributed by atoms with Crippen molar-refractivity contribution in [2.24, 2.45) is 16.9 Å². The molecule has 1 rings (SSSR count). The lowest BCUT2D eigenvalue weighted by Gasteiger charge is -2.14. The van der Waals surface area contributed by atoms with Crippen LogP contribution in [0.2, 0.25) is 5.02 Å². The second kappa shape index (κ2) is 6.39. The van der Waals surface area contributed by atoms with Gasteiger partial charge in [-0.1, -0.05) is 39.3 Å². The Balaban J connectivity index is 2.97. The van der Waals surface area contributed by atoms with E-state index in [2.05, 4.69) is 9.93 Å². The zero-order chi connectivity index (χ0) is 14.6. The lowest BCUT2D eigenvalue weighted by Crippen LogP contribution is -2.24. The Morgan fingerprint density at radius 3 is 2.00 bits per heavy atom. The van der Waals surface area contributed by atoms with Crippen molar-refractivity contribution in [3.05, 3.63) is 29.3 Å². The number of hydrogen-bond acceptors (Lipinski definition) is 3. The molecule has 0 heterocycles. The number of rotatable bonds is 5. The van der Waals surface area contributed by atoms with Crippen molar-refractivity contribution >= 4 is 27.3 Å². The van der Waals surface area contributed by atoms with Crippen LogP contribution in [-0.2, 0) is 10.0 Å². The summed E-state index contributed by atoms with van der Waals surface area (Å²) in [6.45, 7) is 7.93. The zero-order valence-electron chi connectivity index (χ0n) is 11.5. The molecule has 0 aromatic heterocycles. The van der Waals surface area contributed by atoms with E-state index in [9.17, 15) is 8.42 Å². The summed E-state index contributed by atoms with van der Waals surface area (Å²) in [6, 6.07) is 5.96. The van der Waals surface area contributed by atoms with E-state index in [1.54, 1.807) is 0 Å². The molecule has 1 N–H and O–H groups in total. The van der Waals surface area contributed by atoms with Gasteiger partial charge in [0.05, 0.1) is 4.90 Å². The molecule has 0 aliphatic rings. The first-order valence-electron chi connectivity index (χ1n) is 6.09. The van der Waals surface area contributed by atoms with Crippen LogP contribution in [0.4, 0.5) is 0 Å². The molecule has 19 heavy (non-hydrogen) atoms. The van der Waals surface area contributed by atoms with Crippen molar-refractivity contribution in [3.63, 3.8) is 0 Å². The number of nitrogens with one attached hydrogen (secondary N) is 1. The lowest BCUT2D eigenvalue weighted by molar-refractivity contribution is 0.583. The van der Waals surface area contributed by atoms with Gasteiger partial charge in [-0.2, -0.15) is 13.5 Å². The Hall–Kier alpha value is -1.07. The van der Waals surface area contributed by atoms with Crippen LogP contribution in [0.3, 0.4) is 0 Å². The van der Waals surface area contributed by atoms with Crippen LogP contribution in [0.15, 0.2) is 34.3 Å². The van der Waals surface area contributed by atoms with Crippen molar-refractivity contribution in [1.29, 1.82) is 0 Å². The molecular formula is C13H19ClN2O2S. The number of hydrazone groups is 1. The minimum absolute atomic E-state index is 0.146. The predicted molar refractivity (Wildman–Crippen MR) is 78.9 cm³/mol. The molecule has 1 aromatic carbocycles. The predicted octanol–water partition coefficient (Wildman–Crippen LogP) is 3.29. The van der Waals surface area contributed by atoms with Gasteiger partial charge in [-0.3, -0.25) is 0 Å². The Morgan fingerprint density at radius 2 is 1.58 bits per heavy atom. The van der Waals surface area contributed by atoms with Crippen LogP contribution in [0.25, 0.3) is 0 Å². The Kier molecular flexibility index (Phi) is 5.38. The van der Waals surface area contributed by atoms with Crippen LogP contribution < -0.4 is 4.83 Å². The molecule has 6 heteroatoms. The fourth-order valence-corrected chi connectivity index (χ4v) is 2.66. The fraction of sp³-hybridized carbons (Fsp3) is 0.462. The molecule has 0 saturated carbocycles. The highest BCUT2D eigenvalue weighted by Crippen LogP contribution is 2.14. The molecule has 0 spiro atoms. The quantitative estimate of drug-likeness (QED) is 0.670. The average molecular weight is 303 g/mol. The fourth-order valence-electron chi connectivity index (χ4n) is 1.70. The lowest BCUT2D eigenvalue weighted by atomic mass is 9.98. The number of halogens is 1. The summed E-state index contributed by atoms with van der Waals surface area (Å²) in [7, 11) is -3.64. The van der Waals surface area contributed by atoms with E-state index in [0.29, 0.717) is 5.02 Å². The summed E-state index contributed by atoms with van der Waals surface area (Å²) < 4.78 is 24.1. The average Bonchev–Trinajstić information content (AvgIpc) is 2.28. The Labute approximate surface area is 119 Å². The number of nitrogens with zero attached hydrogens (tertiary/aromatic N) is 1. The molecule has 1 aromatic rings. The van der Waals surface area contributed by atoms with Gasteiger partial charge in [0.15, 0.2) is 0 Å². The van der Waals surface area contributed by atoms with Gasteiger partial charge in [0.1, 0.15) is 0 Å². The maximum atomic E-state index is 12.0. The van der Waals surface area contributed by atoms with Gasteiger partial charge in [0, 0.05) is 10.7 Å². The summed E-state index contributed by atoms with van der Waals surface area (Å²) in [5, 5.41) is 4.53. The van der Waals surface area contributed by atoms with E-state index >= 15 is 0 Å². The van der Waals surface area contributed by atoms with E-state index in [0.717, 1.165) is 5.71 Å². The first kappa shape index (κ1) is 16.0. The van der Waals surface area contributed by atoms with Crippen LogP contribution in [0.1, 0.15) is 27.7 Å². The largest absolute Gasteiger partial charge is 0.276 e. The Bertz CT molecular complexity index is 539. The van der Waals surface area contributed by atoms with E-state index in [1.165, 1.54) is 24.3 Å². The summed E-state index contributed by atoms with van der Waals surface area (Å²) in [5.74, 6) is 0.376.